The van der Waals surface area contributed by atoms with Gasteiger partial charge in [-0.15, -0.1) is 0 Å². The molecule has 104 valence electrons. The first-order valence-electron chi connectivity index (χ1n) is 5.51. The van der Waals surface area contributed by atoms with Gasteiger partial charge in [0.05, 0.1) is 16.0 Å². The second kappa shape index (κ2) is 5.03. The summed E-state index contributed by atoms with van der Waals surface area (Å²) in [4.78, 5) is 38.3. The standard InChI is InChI=1S/C11H8FN3O5/c1-2-9(16)20-11-10(17)13-6-3-5(12)8(15(18)19)4-7(6)14-11/h3-4H,2H2,1H3,(H,13,17). The molecule has 8 nitrogen and oxygen atoms in total. The Balaban J connectivity index is 2.62. The molecule has 0 spiro atoms. The molecule has 0 aliphatic carbocycles. The van der Waals surface area contributed by atoms with Gasteiger partial charge in [0.15, 0.2) is 0 Å². The van der Waals surface area contributed by atoms with E-state index in [0.29, 0.717) is 0 Å². The van der Waals surface area contributed by atoms with Crippen LogP contribution >= 0.6 is 0 Å². The number of fused-ring (bicyclic) bond motifs is 1. The second-order valence-corrected chi connectivity index (χ2v) is 3.78. The number of hydrogen-bond acceptors (Lipinski definition) is 6. The Morgan fingerprint density at radius 3 is 2.85 bits per heavy atom. The average Bonchev–Trinajstić information content (AvgIpc) is 2.39. The summed E-state index contributed by atoms with van der Waals surface area (Å²) in [6, 6.07) is 1.64. The minimum absolute atomic E-state index is 0.0305. The van der Waals surface area contributed by atoms with Crippen LogP contribution < -0.4 is 10.3 Å². The number of aromatic nitrogens is 2. The number of esters is 1. The number of rotatable bonds is 3. The summed E-state index contributed by atoms with van der Waals surface area (Å²) in [6.07, 6.45) is 0.0305. The van der Waals surface area contributed by atoms with Gasteiger partial charge in [-0.25, -0.2) is 4.98 Å². The molecule has 0 aliphatic heterocycles. The Bertz CT molecular complexity index is 770. The summed E-state index contributed by atoms with van der Waals surface area (Å²) in [7, 11) is 0. The van der Waals surface area contributed by atoms with Crippen molar-refractivity contribution in [3.63, 3.8) is 0 Å². The Morgan fingerprint density at radius 2 is 2.25 bits per heavy atom. The van der Waals surface area contributed by atoms with E-state index in [1.807, 2.05) is 0 Å². The zero-order valence-electron chi connectivity index (χ0n) is 10.2. The second-order valence-electron chi connectivity index (χ2n) is 3.78. The molecule has 0 aliphatic rings. The van der Waals surface area contributed by atoms with Gasteiger partial charge in [-0.2, -0.15) is 4.39 Å². The van der Waals surface area contributed by atoms with Crippen LogP contribution in [0.25, 0.3) is 11.0 Å². The number of nitrogens with zero attached hydrogens (tertiary/aromatic N) is 2. The lowest BCUT2D eigenvalue weighted by Gasteiger charge is -2.03. The lowest BCUT2D eigenvalue weighted by Crippen LogP contribution is -2.17. The van der Waals surface area contributed by atoms with Gasteiger partial charge < -0.3 is 9.72 Å². The zero-order chi connectivity index (χ0) is 14.9. The molecule has 1 aromatic carbocycles. The van der Waals surface area contributed by atoms with Crippen molar-refractivity contribution in [1.82, 2.24) is 9.97 Å². The fourth-order valence-corrected chi connectivity index (χ4v) is 1.47. The van der Waals surface area contributed by atoms with Crippen LogP contribution in [-0.4, -0.2) is 20.9 Å². The third-order valence-corrected chi connectivity index (χ3v) is 2.43. The molecule has 2 rings (SSSR count). The molecule has 0 saturated carbocycles. The summed E-state index contributed by atoms with van der Waals surface area (Å²) >= 11 is 0. The van der Waals surface area contributed by atoms with Gasteiger partial charge in [-0.1, -0.05) is 6.92 Å². The van der Waals surface area contributed by atoms with Crippen molar-refractivity contribution in [3.05, 3.63) is 38.4 Å². The molecule has 0 atom stereocenters. The summed E-state index contributed by atoms with van der Waals surface area (Å²) in [5.41, 5.74) is -1.71. The van der Waals surface area contributed by atoms with E-state index in [1.54, 1.807) is 0 Å². The largest absolute Gasteiger partial charge is 0.402 e. The number of H-pyrrole nitrogens is 1. The van der Waals surface area contributed by atoms with Crippen molar-refractivity contribution < 1.29 is 18.8 Å². The molecule has 0 unspecified atom stereocenters. The number of aromatic amines is 1. The van der Waals surface area contributed by atoms with Crippen LogP contribution in [0.1, 0.15) is 13.3 Å². The summed E-state index contributed by atoms with van der Waals surface area (Å²) < 4.78 is 18.1. The first kappa shape index (κ1) is 13.6. The lowest BCUT2D eigenvalue weighted by molar-refractivity contribution is -0.387. The van der Waals surface area contributed by atoms with Crippen molar-refractivity contribution >= 4 is 22.7 Å². The highest BCUT2D eigenvalue weighted by molar-refractivity contribution is 5.78. The number of nitrogens with one attached hydrogen (secondary N) is 1. The number of carbonyl (C=O) groups excluding carboxylic acids is 1. The number of nitro groups is 1. The Morgan fingerprint density at radius 1 is 1.55 bits per heavy atom. The maximum Gasteiger partial charge on any atom is 0.312 e. The van der Waals surface area contributed by atoms with E-state index < -0.39 is 33.8 Å². The normalized spacial score (nSPS) is 10.5. The topological polar surface area (TPSA) is 115 Å². The summed E-state index contributed by atoms with van der Waals surface area (Å²) in [6.45, 7) is 1.53. The fourth-order valence-electron chi connectivity index (χ4n) is 1.47. The molecule has 1 aromatic heterocycles. The molecule has 0 saturated heterocycles. The van der Waals surface area contributed by atoms with Crippen molar-refractivity contribution in [3.8, 4) is 5.88 Å². The molecule has 2 aromatic rings. The number of carbonyl (C=O) groups is 1. The number of nitro benzene ring substituents is 1. The van der Waals surface area contributed by atoms with Gasteiger partial charge in [0.1, 0.15) is 0 Å². The number of ether oxygens (including phenoxy) is 1. The SMILES string of the molecule is CCC(=O)Oc1nc2cc([N+](=O)[O-])c(F)cc2[nH]c1=O. The van der Waals surface area contributed by atoms with Gasteiger partial charge >= 0.3 is 17.2 Å². The maximum atomic E-state index is 13.4. The molecule has 0 fully saturated rings. The van der Waals surface area contributed by atoms with Crippen LogP contribution in [0.15, 0.2) is 16.9 Å². The summed E-state index contributed by atoms with van der Waals surface area (Å²) in [5.74, 6) is -2.32. The third kappa shape index (κ3) is 2.46. The molecular weight excluding hydrogens is 273 g/mol. The highest BCUT2D eigenvalue weighted by Gasteiger charge is 2.18. The van der Waals surface area contributed by atoms with E-state index in [9.17, 15) is 24.1 Å². The van der Waals surface area contributed by atoms with Crippen LogP contribution in [0, 0.1) is 15.9 Å². The van der Waals surface area contributed by atoms with E-state index in [0.717, 1.165) is 12.1 Å². The minimum Gasteiger partial charge on any atom is -0.402 e. The lowest BCUT2D eigenvalue weighted by atomic mass is 10.2. The predicted molar refractivity (Wildman–Crippen MR) is 64.9 cm³/mol. The van der Waals surface area contributed by atoms with E-state index in [2.05, 4.69) is 14.7 Å². The minimum atomic E-state index is -1.10. The fraction of sp³-hybridized carbons (Fsp3) is 0.182. The Labute approximate surface area is 110 Å². The highest BCUT2D eigenvalue weighted by Crippen LogP contribution is 2.22. The van der Waals surface area contributed by atoms with Crippen LogP contribution in [0.2, 0.25) is 0 Å². The Hall–Kier alpha value is -2.84. The van der Waals surface area contributed by atoms with Crippen LogP contribution in [0.3, 0.4) is 0 Å². The van der Waals surface area contributed by atoms with Crippen LogP contribution in [-0.2, 0) is 4.79 Å². The molecule has 1 N–H and O–H groups in total. The van der Waals surface area contributed by atoms with Gasteiger partial charge in [-0.05, 0) is 0 Å². The molecule has 0 bridgehead atoms. The summed E-state index contributed by atoms with van der Waals surface area (Å²) in [5, 5.41) is 10.6. The number of hydrogen-bond donors (Lipinski definition) is 1. The maximum absolute atomic E-state index is 13.4. The van der Waals surface area contributed by atoms with Gasteiger partial charge in [-0.3, -0.25) is 19.7 Å². The smallest absolute Gasteiger partial charge is 0.312 e. The average molecular weight is 281 g/mol. The van der Waals surface area contributed by atoms with Crippen molar-refractivity contribution in [1.29, 1.82) is 0 Å². The number of benzene rings is 1. The molecule has 0 amide bonds. The predicted octanol–water partition coefficient (Wildman–Crippen LogP) is 1.29. The quantitative estimate of drug-likeness (QED) is 0.515. The molecule has 20 heavy (non-hydrogen) atoms. The van der Waals surface area contributed by atoms with Gasteiger partial charge in [0.2, 0.25) is 5.82 Å². The zero-order valence-corrected chi connectivity index (χ0v) is 10.2. The third-order valence-electron chi connectivity index (χ3n) is 2.43. The van der Waals surface area contributed by atoms with Crippen molar-refractivity contribution in [2.45, 2.75) is 13.3 Å². The first-order valence-corrected chi connectivity index (χ1v) is 5.51. The number of halogens is 1. The monoisotopic (exact) mass is 281 g/mol. The molecule has 9 heteroatoms. The van der Waals surface area contributed by atoms with E-state index in [-0.39, 0.29) is 17.5 Å². The van der Waals surface area contributed by atoms with E-state index in [4.69, 9.17) is 0 Å². The van der Waals surface area contributed by atoms with Crippen molar-refractivity contribution in [2.24, 2.45) is 0 Å². The molecule has 0 radical (unpaired) electrons. The first-order chi connectivity index (χ1) is 9.42. The van der Waals surface area contributed by atoms with Crippen LogP contribution in [0.4, 0.5) is 10.1 Å². The van der Waals surface area contributed by atoms with E-state index >= 15 is 0 Å². The van der Waals surface area contributed by atoms with Gasteiger partial charge in [0.25, 0.3) is 5.88 Å². The Kier molecular flexibility index (Phi) is 3.42. The highest BCUT2D eigenvalue weighted by atomic mass is 19.1. The van der Waals surface area contributed by atoms with E-state index in [1.165, 1.54) is 6.92 Å². The van der Waals surface area contributed by atoms with Gasteiger partial charge in [0, 0.05) is 18.6 Å². The molecule has 1 heterocycles. The van der Waals surface area contributed by atoms with Crippen molar-refractivity contribution in [2.75, 3.05) is 0 Å². The van der Waals surface area contributed by atoms with Crippen LogP contribution in [0.5, 0.6) is 5.88 Å². The molecular formula is C11H8FN3O5.